The van der Waals surface area contributed by atoms with E-state index < -0.39 is 10.0 Å². The highest BCUT2D eigenvalue weighted by atomic mass is 32.2. The molecule has 6 heteroatoms. The summed E-state index contributed by atoms with van der Waals surface area (Å²) in [6.45, 7) is 1.89. The molecule has 0 amide bonds. The van der Waals surface area contributed by atoms with Crippen molar-refractivity contribution in [2.24, 2.45) is 0 Å². The number of nitrogen functional groups attached to an aromatic ring is 1. The lowest BCUT2D eigenvalue weighted by molar-refractivity contribution is 0.458. The maximum absolute atomic E-state index is 12.6. The Morgan fingerprint density at radius 2 is 1.90 bits per heavy atom. The SMILES string of the molecule is Cc1cc(N)ccc1S(=O)(=O)N(C)Cc1cccc(O)c1. The number of anilines is 1. The van der Waals surface area contributed by atoms with Crippen LogP contribution < -0.4 is 5.73 Å². The minimum Gasteiger partial charge on any atom is -0.508 e. The first kappa shape index (κ1) is 15.3. The van der Waals surface area contributed by atoms with Crippen molar-refractivity contribution in [1.82, 2.24) is 4.31 Å². The summed E-state index contributed by atoms with van der Waals surface area (Å²) >= 11 is 0. The van der Waals surface area contributed by atoms with Crippen molar-refractivity contribution < 1.29 is 13.5 Å². The molecule has 0 unspecified atom stereocenters. The predicted octanol–water partition coefficient (Wildman–Crippen LogP) is 2.10. The summed E-state index contributed by atoms with van der Waals surface area (Å²) in [4.78, 5) is 0.236. The number of aryl methyl sites for hydroxylation is 1. The average molecular weight is 306 g/mol. The fourth-order valence-corrected chi connectivity index (χ4v) is 3.49. The number of phenolic OH excluding ortho intramolecular Hbond substituents is 1. The Balaban J connectivity index is 2.30. The lowest BCUT2D eigenvalue weighted by atomic mass is 10.2. The van der Waals surface area contributed by atoms with E-state index in [0.29, 0.717) is 16.8 Å². The molecule has 112 valence electrons. The number of hydrogen-bond acceptors (Lipinski definition) is 4. The van der Waals surface area contributed by atoms with Crippen LogP contribution in [-0.2, 0) is 16.6 Å². The van der Waals surface area contributed by atoms with Gasteiger partial charge in [-0.25, -0.2) is 8.42 Å². The van der Waals surface area contributed by atoms with Crippen molar-refractivity contribution in [3.63, 3.8) is 0 Å². The topological polar surface area (TPSA) is 83.6 Å². The molecule has 21 heavy (non-hydrogen) atoms. The molecule has 0 radical (unpaired) electrons. The van der Waals surface area contributed by atoms with Gasteiger partial charge >= 0.3 is 0 Å². The summed E-state index contributed by atoms with van der Waals surface area (Å²) in [6, 6.07) is 11.3. The molecule has 0 spiro atoms. The smallest absolute Gasteiger partial charge is 0.243 e. The Bertz CT molecular complexity index is 757. The predicted molar refractivity (Wildman–Crippen MR) is 82.4 cm³/mol. The highest BCUT2D eigenvalue weighted by Gasteiger charge is 2.22. The first-order chi connectivity index (χ1) is 9.80. The number of nitrogens with zero attached hydrogens (tertiary/aromatic N) is 1. The maximum atomic E-state index is 12.6. The van der Waals surface area contributed by atoms with Gasteiger partial charge in [0.25, 0.3) is 0 Å². The van der Waals surface area contributed by atoms with Gasteiger partial charge in [0.2, 0.25) is 10.0 Å². The first-order valence-corrected chi connectivity index (χ1v) is 7.85. The second-order valence-corrected chi connectivity index (χ2v) is 6.97. The van der Waals surface area contributed by atoms with Crippen LogP contribution in [-0.4, -0.2) is 24.9 Å². The van der Waals surface area contributed by atoms with Crippen LogP contribution in [0, 0.1) is 6.92 Å². The molecule has 2 aromatic rings. The molecule has 0 aliphatic heterocycles. The fraction of sp³-hybridized carbons (Fsp3) is 0.200. The molecule has 0 aliphatic rings. The van der Waals surface area contributed by atoms with E-state index in [-0.39, 0.29) is 17.2 Å². The quantitative estimate of drug-likeness (QED) is 0.847. The van der Waals surface area contributed by atoms with E-state index in [9.17, 15) is 13.5 Å². The number of rotatable bonds is 4. The van der Waals surface area contributed by atoms with Gasteiger partial charge in [0.1, 0.15) is 5.75 Å². The Hall–Kier alpha value is -2.05. The molecule has 0 bridgehead atoms. The van der Waals surface area contributed by atoms with Gasteiger partial charge in [-0.1, -0.05) is 12.1 Å². The minimum atomic E-state index is -3.60. The van der Waals surface area contributed by atoms with E-state index in [1.165, 1.54) is 17.4 Å². The molecular weight excluding hydrogens is 288 g/mol. The highest BCUT2D eigenvalue weighted by Crippen LogP contribution is 2.23. The van der Waals surface area contributed by atoms with Crippen LogP contribution in [0.5, 0.6) is 5.75 Å². The zero-order chi connectivity index (χ0) is 15.6. The van der Waals surface area contributed by atoms with Crippen molar-refractivity contribution in [2.75, 3.05) is 12.8 Å². The van der Waals surface area contributed by atoms with Crippen molar-refractivity contribution >= 4 is 15.7 Å². The van der Waals surface area contributed by atoms with Gasteiger partial charge in [0, 0.05) is 19.3 Å². The number of benzene rings is 2. The van der Waals surface area contributed by atoms with Crippen molar-refractivity contribution in [3.05, 3.63) is 53.6 Å². The lowest BCUT2D eigenvalue weighted by Gasteiger charge is -2.19. The van der Waals surface area contributed by atoms with Gasteiger partial charge in [-0.05, 0) is 48.4 Å². The van der Waals surface area contributed by atoms with Gasteiger partial charge in [0.05, 0.1) is 4.90 Å². The van der Waals surface area contributed by atoms with E-state index >= 15 is 0 Å². The van der Waals surface area contributed by atoms with E-state index in [0.717, 1.165) is 0 Å². The van der Waals surface area contributed by atoms with E-state index in [1.54, 1.807) is 43.3 Å². The van der Waals surface area contributed by atoms with Crippen LogP contribution >= 0.6 is 0 Å². The third-order valence-electron chi connectivity index (χ3n) is 3.20. The monoisotopic (exact) mass is 306 g/mol. The molecule has 0 saturated heterocycles. The van der Waals surface area contributed by atoms with E-state index in [4.69, 9.17) is 5.73 Å². The summed E-state index contributed by atoms with van der Waals surface area (Å²) in [7, 11) is -2.09. The van der Waals surface area contributed by atoms with Gasteiger partial charge in [-0.2, -0.15) is 4.31 Å². The van der Waals surface area contributed by atoms with Crippen LogP contribution in [0.3, 0.4) is 0 Å². The number of sulfonamides is 1. The largest absolute Gasteiger partial charge is 0.508 e. The Morgan fingerprint density at radius 1 is 1.19 bits per heavy atom. The summed E-state index contributed by atoms with van der Waals surface area (Å²) < 4.78 is 26.4. The summed E-state index contributed by atoms with van der Waals surface area (Å²) in [5.41, 5.74) is 7.51. The standard InChI is InChI=1S/C15H18N2O3S/c1-11-8-13(16)6-7-15(11)21(19,20)17(2)10-12-4-3-5-14(18)9-12/h3-9,18H,10,16H2,1-2H3. The van der Waals surface area contributed by atoms with Crippen LogP contribution in [0.2, 0.25) is 0 Å². The Kier molecular flexibility index (Phi) is 4.20. The lowest BCUT2D eigenvalue weighted by Crippen LogP contribution is -2.27. The molecule has 0 aliphatic carbocycles. The molecule has 0 aromatic heterocycles. The van der Waals surface area contributed by atoms with Crippen LogP contribution in [0.15, 0.2) is 47.4 Å². The molecular formula is C15H18N2O3S. The molecule has 2 rings (SSSR count). The number of hydrogen-bond donors (Lipinski definition) is 2. The van der Waals surface area contributed by atoms with Gasteiger partial charge in [-0.3, -0.25) is 0 Å². The van der Waals surface area contributed by atoms with Gasteiger partial charge < -0.3 is 10.8 Å². The molecule has 5 nitrogen and oxygen atoms in total. The van der Waals surface area contributed by atoms with Crippen molar-refractivity contribution in [2.45, 2.75) is 18.4 Å². The summed E-state index contributed by atoms with van der Waals surface area (Å²) in [5, 5.41) is 9.44. The van der Waals surface area contributed by atoms with Crippen molar-refractivity contribution in [1.29, 1.82) is 0 Å². The molecule has 0 saturated carbocycles. The Labute approximate surface area is 124 Å². The van der Waals surface area contributed by atoms with E-state index in [2.05, 4.69) is 0 Å². The number of nitrogens with two attached hydrogens (primary N) is 1. The number of phenols is 1. The van der Waals surface area contributed by atoms with Gasteiger partial charge in [-0.15, -0.1) is 0 Å². The van der Waals surface area contributed by atoms with Crippen LogP contribution in [0.1, 0.15) is 11.1 Å². The highest BCUT2D eigenvalue weighted by molar-refractivity contribution is 7.89. The maximum Gasteiger partial charge on any atom is 0.243 e. The average Bonchev–Trinajstić information content (AvgIpc) is 2.38. The molecule has 0 fully saturated rings. The van der Waals surface area contributed by atoms with Crippen LogP contribution in [0.25, 0.3) is 0 Å². The van der Waals surface area contributed by atoms with Gasteiger partial charge in [0.15, 0.2) is 0 Å². The normalized spacial score (nSPS) is 11.8. The third-order valence-corrected chi connectivity index (χ3v) is 5.17. The zero-order valence-electron chi connectivity index (χ0n) is 11.9. The summed E-state index contributed by atoms with van der Waals surface area (Å²) in [6.07, 6.45) is 0. The second-order valence-electron chi connectivity index (χ2n) is 4.96. The number of aromatic hydroxyl groups is 1. The third kappa shape index (κ3) is 3.34. The summed E-state index contributed by atoms with van der Waals surface area (Å²) in [5.74, 6) is 0.113. The van der Waals surface area contributed by atoms with Crippen molar-refractivity contribution in [3.8, 4) is 5.75 Å². The van der Waals surface area contributed by atoms with Crippen LogP contribution in [0.4, 0.5) is 5.69 Å². The Morgan fingerprint density at radius 3 is 2.52 bits per heavy atom. The molecule has 2 aromatic carbocycles. The molecule has 0 heterocycles. The molecule has 0 atom stereocenters. The molecule has 3 N–H and O–H groups in total. The first-order valence-electron chi connectivity index (χ1n) is 6.41. The second kappa shape index (κ2) is 5.75. The minimum absolute atomic E-state index is 0.113. The fourth-order valence-electron chi connectivity index (χ4n) is 2.13. The van der Waals surface area contributed by atoms with E-state index in [1.807, 2.05) is 0 Å². The zero-order valence-corrected chi connectivity index (χ0v) is 12.8.